The number of carbonyl (C=O) groups is 1. The van der Waals surface area contributed by atoms with Gasteiger partial charge in [0.1, 0.15) is 0 Å². The second kappa shape index (κ2) is 5.71. The van der Waals surface area contributed by atoms with Crippen LogP contribution in [0.15, 0.2) is 4.99 Å². The minimum atomic E-state index is -0.467. The van der Waals surface area contributed by atoms with Crippen molar-refractivity contribution in [1.82, 2.24) is 0 Å². The number of aliphatic hydroxyl groups excluding tert-OH is 1. The molecule has 0 aliphatic heterocycles. The van der Waals surface area contributed by atoms with Crippen molar-refractivity contribution < 1.29 is 14.6 Å². The van der Waals surface area contributed by atoms with Crippen molar-refractivity contribution in [3.05, 3.63) is 0 Å². The second-order valence-corrected chi connectivity index (χ2v) is 2.68. The molecule has 12 heavy (non-hydrogen) atoms. The SMILES string of the molecule is COC(=O)C(C)/C=N\CC(C)O. The summed E-state index contributed by atoms with van der Waals surface area (Å²) in [5.74, 6) is -0.655. The van der Waals surface area contributed by atoms with Gasteiger partial charge in [-0.2, -0.15) is 0 Å². The molecular formula is C8H15NO3. The maximum absolute atomic E-state index is 10.8. The Bertz CT molecular complexity index is 166. The van der Waals surface area contributed by atoms with Gasteiger partial charge in [-0.25, -0.2) is 0 Å². The molecule has 4 heteroatoms. The Morgan fingerprint density at radius 3 is 2.67 bits per heavy atom. The van der Waals surface area contributed by atoms with E-state index in [1.807, 2.05) is 0 Å². The van der Waals surface area contributed by atoms with E-state index in [9.17, 15) is 4.79 Å². The largest absolute Gasteiger partial charge is 0.469 e. The number of aliphatic imine (C=N–C) groups is 1. The van der Waals surface area contributed by atoms with Crippen LogP contribution in [0.2, 0.25) is 0 Å². The number of ether oxygens (including phenoxy) is 1. The number of carbonyl (C=O) groups excluding carboxylic acids is 1. The molecule has 0 rings (SSSR count). The van der Waals surface area contributed by atoms with E-state index in [1.165, 1.54) is 13.3 Å². The van der Waals surface area contributed by atoms with Crippen molar-refractivity contribution in [3.63, 3.8) is 0 Å². The van der Waals surface area contributed by atoms with Crippen molar-refractivity contribution in [1.29, 1.82) is 0 Å². The molecule has 1 N–H and O–H groups in total. The second-order valence-electron chi connectivity index (χ2n) is 2.68. The average molecular weight is 173 g/mol. The Hall–Kier alpha value is -0.900. The minimum absolute atomic E-state index is 0.315. The molecule has 0 saturated heterocycles. The fourth-order valence-electron chi connectivity index (χ4n) is 0.618. The lowest BCUT2D eigenvalue weighted by Crippen LogP contribution is -2.14. The van der Waals surface area contributed by atoms with Crippen LogP contribution in [0.4, 0.5) is 0 Å². The molecule has 2 atom stereocenters. The zero-order chi connectivity index (χ0) is 9.56. The van der Waals surface area contributed by atoms with Crippen LogP contribution in [0.3, 0.4) is 0 Å². The van der Waals surface area contributed by atoms with Crippen LogP contribution >= 0.6 is 0 Å². The molecule has 0 heterocycles. The van der Waals surface area contributed by atoms with Crippen LogP contribution in [-0.4, -0.2) is 37.0 Å². The van der Waals surface area contributed by atoms with E-state index >= 15 is 0 Å². The molecule has 0 aliphatic rings. The lowest BCUT2D eigenvalue weighted by molar-refractivity contribution is -0.142. The Kier molecular flexibility index (Phi) is 5.28. The van der Waals surface area contributed by atoms with Crippen molar-refractivity contribution in [3.8, 4) is 0 Å². The first kappa shape index (κ1) is 11.1. The van der Waals surface area contributed by atoms with Gasteiger partial charge >= 0.3 is 5.97 Å². The normalized spacial score (nSPS) is 16.0. The van der Waals surface area contributed by atoms with Gasteiger partial charge in [-0.1, -0.05) is 0 Å². The molecule has 0 fully saturated rings. The Morgan fingerprint density at radius 2 is 2.25 bits per heavy atom. The summed E-state index contributed by atoms with van der Waals surface area (Å²) in [6.45, 7) is 3.65. The van der Waals surface area contributed by atoms with Crippen LogP contribution in [0.1, 0.15) is 13.8 Å². The van der Waals surface area contributed by atoms with E-state index in [4.69, 9.17) is 5.11 Å². The highest BCUT2D eigenvalue weighted by Crippen LogP contribution is 1.93. The highest BCUT2D eigenvalue weighted by molar-refractivity contribution is 5.89. The predicted molar refractivity (Wildman–Crippen MR) is 46.2 cm³/mol. The van der Waals surface area contributed by atoms with Gasteiger partial charge in [0.05, 0.1) is 25.7 Å². The van der Waals surface area contributed by atoms with E-state index in [2.05, 4.69) is 9.73 Å². The molecule has 0 amide bonds. The zero-order valence-electron chi connectivity index (χ0n) is 7.65. The van der Waals surface area contributed by atoms with Crippen molar-refractivity contribution in [2.45, 2.75) is 20.0 Å². The van der Waals surface area contributed by atoms with Gasteiger partial charge in [0, 0.05) is 6.21 Å². The third-order valence-electron chi connectivity index (χ3n) is 1.27. The molecule has 4 nitrogen and oxygen atoms in total. The Labute approximate surface area is 72.3 Å². The molecule has 0 saturated carbocycles. The first-order chi connectivity index (χ1) is 5.57. The summed E-state index contributed by atoms with van der Waals surface area (Å²) in [5, 5.41) is 8.83. The van der Waals surface area contributed by atoms with E-state index in [0.717, 1.165) is 0 Å². The van der Waals surface area contributed by atoms with Gasteiger partial charge in [-0.15, -0.1) is 0 Å². The van der Waals surface area contributed by atoms with E-state index < -0.39 is 6.10 Å². The maximum Gasteiger partial charge on any atom is 0.313 e. The highest BCUT2D eigenvalue weighted by atomic mass is 16.5. The first-order valence-corrected chi connectivity index (χ1v) is 3.83. The van der Waals surface area contributed by atoms with Crippen LogP contribution in [0, 0.1) is 5.92 Å². The summed E-state index contributed by atoms with van der Waals surface area (Å²) in [6, 6.07) is 0. The highest BCUT2D eigenvalue weighted by Gasteiger charge is 2.08. The number of hydrogen-bond donors (Lipinski definition) is 1. The average Bonchev–Trinajstić information content (AvgIpc) is 2.02. The first-order valence-electron chi connectivity index (χ1n) is 3.83. The summed E-state index contributed by atoms with van der Waals surface area (Å²) in [5.41, 5.74) is 0. The lowest BCUT2D eigenvalue weighted by Gasteiger charge is -2.02. The van der Waals surface area contributed by atoms with Crippen molar-refractivity contribution in [2.24, 2.45) is 10.9 Å². The molecule has 0 aliphatic carbocycles. The van der Waals surface area contributed by atoms with Gasteiger partial charge in [-0.05, 0) is 13.8 Å². The van der Waals surface area contributed by atoms with Crippen LogP contribution in [0.25, 0.3) is 0 Å². The van der Waals surface area contributed by atoms with Gasteiger partial charge < -0.3 is 9.84 Å². The maximum atomic E-state index is 10.8. The van der Waals surface area contributed by atoms with E-state index in [-0.39, 0.29) is 11.9 Å². The number of methoxy groups -OCH3 is 1. The number of esters is 1. The number of rotatable bonds is 4. The molecule has 0 aromatic rings. The van der Waals surface area contributed by atoms with Gasteiger partial charge in [0.2, 0.25) is 0 Å². The summed E-state index contributed by atoms with van der Waals surface area (Å²) < 4.78 is 4.48. The van der Waals surface area contributed by atoms with Crippen LogP contribution in [0.5, 0.6) is 0 Å². The number of nitrogens with zero attached hydrogens (tertiary/aromatic N) is 1. The molecule has 2 unspecified atom stereocenters. The van der Waals surface area contributed by atoms with Crippen LogP contribution in [-0.2, 0) is 9.53 Å². The standard InChI is InChI=1S/C8H15NO3/c1-6(8(11)12-3)4-9-5-7(2)10/h4,6-7,10H,5H2,1-3H3/b9-4-. The van der Waals surface area contributed by atoms with Crippen LogP contribution < -0.4 is 0 Å². The summed E-state index contributed by atoms with van der Waals surface area (Å²) in [4.78, 5) is 14.7. The molecule has 0 aromatic heterocycles. The fraction of sp³-hybridized carbons (Fsp3) is 0.750. The zero-order valence-corrected chi connectivity index (χ0v) is 7.65. The van der Waals surface area contributed by atoms with Gasteiger partial charge in [0.15, 0.2) is 0 Å². The molecule has 0 radical (unpaired) electrons. The lowest BCUT2D eigenvalue weighted by atomic mass is 10.2. The number of aliphatic hydroxyl groups is 1. The fourth-order valence-corrected chi connectivity index (χ4v) is 0.618. The molecule has 0 bridgehead atoms. The Morgan fingerprint density at radius 1 is 1.67 bits per heavy atom. The molecular weight excluding hydrogens is 158 g/mol. The monoisotopic (exact) mass is 173 g/mol. The number of hydrogen-bond acceptors (Lipinski definition) is 4. The minimum Gasteiger partial charge on any atom is -0.469 e. The Balaban J connectivity index is 3.75. The van der Waals surface area contributed by atoms with Gasteiger partial charge in [-0.3, -0.25) is 9.79 Å². The topological polar surface area (TPSA) is 58.9 Å². The molecule has 0 aromatic carbocycles. The van der Waals surface area contributed by atoms with Gasteiger partial charge in [0.25, 0.3) is 0 Å². The van der Waals surface area contributed by atoms with Crippen molar-refractivity contribution >= 4 is 12.2 Å². The summed E-state index contributed by atoms with van der Waals surface area (Å²) in [6.07, 6.45) is 1.02. The quantitative estimate of drug-likeness (QED) is 0.489. The van der Waals surface area contributed by atoms with E-state index in [1.54, 1.807) is 13.8 Å². The van der Waals surface area contributed by atoms with E-state index in [0.29, 0.717) is 6.54 Å². The summed E-state index contributed by atoms with van der Waals surface area (Å²) in [7, 11) is 1.33. The molecule has 0 spiro atoms. The van der Waals surface area contributed by atoms with Crippen molar-refractivity contribution in [2.75, 3.05) is 13.7 Å². The molecule has 70 valence electrons. The third kappa shape index (κ3) is 4.85. The summed E-state index contributed by atoms with van der Waals surface area (Å²) >= 11 is 0. The smallest absolute Gasteiger partial charge is 0.313 e. The third-order valence-corrected chi connectivity index (χ3v) is 1.27. The predicted octanol–water partition coefficient (Wildman–Crippen LogP) is 0.247.